The van der Waals surface area contributed by atoms with Gasteiger partial charge in [-0.3, -0.25) is 9.59 Å². The summed E-state index contributed by atoms with van der Waals surface area (Å²) in [5.41, 5.74) is 4.81. The third kappa shape index (κ3) is 6.96. The van der Waals surface area contributed by atoms with Crippen molar-refractivity contribution in [3.63, 3.8) is 0 Å². The van der Waals surface area contributed by atoms with Gasteiger partial charge in [0.15, 0.2) is 11.4 Å². The molecule has 0 unspecified atom stereocenters. The zero-order valence-corrected chi connectivity index (χ0v) is 23.4. The van der Waals surface area contributed by atoms with Crippen LogP contribution in [0.2, 0.25) is 0 Å². The molecule has 2 aromatic heterocycles. The van der Waals surface area contributed by atoms with E-state index in [-0.39, 0.29) is 30.1 Å². The molecule has 0 aliphatic carbocycles. The number of anilines is 3. The predicted octanol–water partition coefficient (Wildman–Crippen LogP) is 5.00. The lowest BCUT2D eigenvalue weighted by Crippen LogP contribution is -2.29. The molecule has 41 heavy (non-hydrogen) atoms. The van der Waals surface area contributed by atoms with E-state index in [1.807, 2.05) is 30.5 Å². The minimum Gasteiger partial charge on any atom is -0.381 e. The average Bonchev–Trinajstić information content (AvgIpc) is 3.41. The van der Waals surface area contributed by atoms with Gasteiger partial charge in [0, 0.05) is 49.0 Å². The van der Waals surface area contributed by atoms with E-state index in [1.165, 1.54) is 6.08 Å². The van der Waals surface area contributed by atoms with Gasteiger partial charge >= 0.3 is 0 Å². The van der Waals surface area contributed by atoms with Crippen molar-refractivity contribution in [2.45, 2.75) is 51.6 Å². The Morgan fingerprint density at radius 3 is 2.66 bits per heavy atom. The van der Waals surface area contributed by atoms with Gasteiger partial charge in [0.25, 0.3) is 0 Å². The molecule has 10 nitrogen and oxygen atoms in total. The molecule has 5 rings (SSSR count). The summed E-state index contributed by atoms with van der Waals surface area (Å²) in [6, 6.07) is 15.1. The van der Waals surface area contributed by atoms with E-state index >= 15 is 0 Å². The first-order valence-electron chi connectivity index (χ1n) is 13.9. The van der Waals surface area contributed by atoms with Gasteiger partial charge in [-0.15, -0.1) is 0 Å². The first-order chi connectivity index (χ1) is 19.9. The van der Waals surface area contributed by atoms with Crippen LogP contribution >= 0.6 is 0 Å². The summed E-state index contributed by atoms with van der Waals surface area (Å²) in [5.74, 6) is 1.07. The molecular formula is C31H35N7O3. The number of aromatic nitrogens is 4. The van der Waals surface area contributed by atoms with Crippen molar-refractivity contribution in [1.82, 2.24) is 19.6 Å². The number of hydrogen-bond acceptors (Lipinski definition) is 8. The highest BCUT2D eigenvalue weighted by Crippen LogP contribution is 2.23. The molecule has 1 amide bonds. The molecule has 212 valence electrons. The number of ether oxygens (including phenoxy) is 1. The quantitative estimate of drug-likeness (QED) is 0.175. The lowest BCUT2D eigenvalue weighted by Gasteiger charge is -2.23. The van der Waals surface area contributed by atoms with Gasteiger partial charge in [-0.05, 0) is 48.1 Å². The minimum absolute atomic E-state index is 0.0381. The zero-order chi connectivity index (χ0) is 28.8. The molecule has 4 aromatic rings. The Kier molecular flexibility index (Phi) is 8.69. The van der Waals surface area contributed by atoms with Crippen molar-refractivity contribution >= 4 is 34.9 Å². The summed E-state index contributed by atoms with van der Waals surface area (Å²) < 4.78 is 7.24. The Bertz CT molecular complexity index is 1560. The van der Waals surface area contributed by atoms with Crippen LogP contribution in [0.25, 0.3) is 5.65 Å². The van der Waals surface area contributed by atoms with Crippen molar-refractivity contribution < 1.29 is 14.3 Å². The number of carbonyl (C=O) groups is 2. The number of rotatable bonds is 11. The molecule has 1 aliphatic heterocycles. The van der Waals surface area contributed by atoms with E-state index in [2.05, 4.69) is 41.5 Å². The fraction of sp³-hybridized carbons (Fsp3) is 0.323. The summed E-state index contributed by atoms with van der Waals surface area (Å²) in [4.78, 5) is 34.2. The van der Waals surface area contributed by atoms with Gasteiger partial charge in [-0.1, -0.05) is 56.8 Å². The smallest absolute Gasteiger partial charge is 0.247 e. The van der Waals surface area contributed by atoms with E-state index in [0.717, 1.165) is 48.4 Å². The van der Waals surface area contributed by atoms with Gasteiger partial charge in [0.2, 0.25) is 17.8 Å². The van der Waals surface area contributed by atoms with Crippen molar-refractivity contribution in [3.05, 3.63) is 89.6 Å². The second-order valence-electron chi connectivity index (χ2n) is 10.4. The van der Waals surface area contributed by atoms with Crippen LogP contribution in [0.5, 0.6) is 0 Å². The highest BCUT2D eigenvalue weighted by atomic mass is 16.5. The molecule has 0 saturated carbocycles. The summed E-state index contributed by atoms with van der Waals surface area (Å²) >= 11 is 0. The van der Waals surface area contributed by atoms with Crippen LogP contribution in [0, 0.1) is 0 Å². The summed E-state index contributed by atoms with van der Waals surface area (Å²) in [5, 5.41) is 14.2. The van der Waals surface area contributed by atoms with Crippen molar-refractivity contribution in [2.75, 3.05) is 29.2 Å². The van der Waals surface area contributed by atoms with Crippen LogP contribution in [-0.2, 0) is 22.5 Å². The van der Waals surface area contributed by atoms with Crippen molar-refractivity contribution in [3.8, 4) is 0 Å². The third-order valence-corrected chi connectivity index (χ3v) is 7.02. The predicted molar refractivity (Wildman–Crippen MR) is 159 cm³/mol. The number of hydrogen-bond donors (Lipinski definition) is 3. The largest absolute Gasteiger partial charge is 0.381 e. The van der Waals surface area contributed by atoms with Gasteiger partial charge in [0.1, 0.15) is 0 Å². The minimum atomic E-state index is -0.321. The van der Waals surface area contributed by atoms with E-state index in [9.17, 15) is 9.59 Å². The van der Waals surface area contributed by atoms with E-state index in [1.54, 1.807) is 28.8 Å². The fourth-order valence-corrected chi connectivity index (χ4v) is 4.79. The molecule has 3 N–H and O–H groups in total. The maximum absolute atomic E-state index is 13.0. The number of ketones is 1. The second kappa shape index (κ2) is 12.7. The summed E-state index contributed by atoms with van der Waals surface area (Å²) in [6.45, 7) is 9.65. The summed E-state index contributed by atoms with van der Waals surface area (Å²) in [7, 11) is 0. The molecule has 1 aliphatic rings. The molecule has 0 atom stereocenters. The number of carbonyl (C=O) groups excluding carboxylic acids is 2. The van der Waals surface area contributed by atoms with Crippen LogP contribution in [0.1, 0.15) is 59.7 Å². The maximum atomic E-state index is 13.0. The first kappa shape index (κ1) is 28.0. The molecule has 0 spiro atoms. The van der Waals surface area contributed by atoms with Crippen LogP contribution in [0.3, 0.4) is 0 Å². The van der Waals surface area contributed by atoms with Gasteiger partial charge < -0.3 is 20.7 Å². The molecule has 3 heterocycles. The number of nitrogens with zero attached hydrogens (tertiary/aromatic N) is 4. The fourth-order valence-electron chi connectivity index (χ4n) is 4.79. The maximum Gasteiger partial charge on any atom is 0.247 e. The van der Waals surface area contributed by atoms with E-state index in [4.69, 9.17) is 14.7 Å². The standard InChI is InChI=1S/C31H35N7O3/c1-4-28(40)34-25-10-6-9-23(17-25)27(39)16-21-7-5-8-22(15-21)18-32-31-37-30(35-24-11-13-41-14-12-24)36-29-26(20(2)3)19-33-38(29)31/h4-10,15,17,19-20,24H,1,11-14,16,18H2,2-3H3,(H,34,40)(H2,32,35,36,37). The Morgan fingerprint density at radius 2 is 1.88 bits per heavy atom. The van der Waals surface area contributed by atoms with E-state index < -0.39 is 0 Å². The van der Waals surface area contributed by atoms with Crippen LogP contribution in [0.15, 0.2) is 67.4 Å². The molecular weight excluding hydrogens is 518 g/mol. The highest BCUT2D eigenvalue weighted by molar-refractivity contribution is 6.01. The van der Waals surface area contributed by atoms with E-state index in [0.29, 0.717) is 29.7 Å². The number of amides is 1. The molecule has 10 heteroatoms. The summed E-state index contributed by atoms with van der Waals surface area (Å²) in [6.07, 6.45) is 5.10. The second-order valence-corrected chi connectivity index (χ2v) is 10.4. The Morgan fingerprint density at radius 1 is 1.10 bits per heavy atom. The van der Waals surface area contributed by atoms with Crippen molar-refractivity contribution in [1.29, 1.82) is 0 Å². The van der Waals surface area contributed by atoms with Gasteiger partial charge in [-0.25, -0.2) is 0 Å². The molecule has 0 bridgehead atoms. The van der Waals surface area contributed by atoms with Gasteiger partial charge in [0.05, 0.1) is 6.20 Å². The van der Waals surface area contributed by atoms with Gasteiger partial charge in [-0.2, -0.15) is 19.6 Å². The number of Topliss-reactive ketones (excluding diaryl/α,β-unsaturated/α-hetero) is 1. The number of benzene rings is 2. The highest BCUT2D eigenvalue weighted by Gasteiger charge is 2.19. The normalized spacial score (nSPS) is 13.7. The average molecular weight is 554 g/mol. The monoisotopic (exact) mass is 553 g/mol. The molecule has 2 aromatic carbocycles. The Balaban J connectivity index is 1.31. The molecule has 0 radical (unpaired) electrons. The molecule has 1 saturated heterocycles. The SMILES string of the molecule is C=CC(=O)Nc1cccc(C(=O)Cc2cccc(CNc3nc(NC4CCOCC4)nc4c(C(C)C)cnn34)c2)c1. The van der Waals surface area contributed by atoms with Crippen LogP contribution < -0.4 is 16.0 Å². The third-order valence-electron chi connectivity index (χ3n) is 7.02. The van der Waals surface area contributed by atoms with Crippen LogP contribution in [-0.4, -0.2) is 50.5 Å². The first-order valence-corrected chi connectivity index (χ1v) is 13.9. The number of fused-ring (bicyclic) bond motifs is 1. The lowest BCUT2D eigenvalue weighted by atomic mass is 10.0. The Labute approximate surface area is 239 Å². The van der Waals surface area contributed by atoms with Crippen LogP contribution in [0.4, 0.5) is 17.6 Å². The Hall–Kier alpha value is -4.57. The van der Waals surface area contributed by atoms with Crippen molar-refractivity contribution in [2.24, 2.45) is 0 Å². The topological polar surface area (TPSA) is 123 Å². The molecule has 1 fully saturated rings. The number of nitrogens with one attached hydrogen (secondary N) is 3. The lowest BCUT2D eigenvalue weighted by molar-refractivity contribution is -0.111. The zero-order valence-electron chi connectivity index (χ0n) is 23.4.